The number of pyridine rings is 1. The molecule has 1 aromatic heterocycles. The third kappa shape index (κ3) is 2.64. The molecule has 0 aromatic carbocycles. The number of aryl methyl sites for hydroxylation is 1. The molecule has 120 valence electrons. The minimum Gasteiger partial charge on any atom is -0.310 e. The van der Waals surface area contributed by atoms with E-state index in [1.54, 1.807) is 0 Å². The third-order valence-electron chi connectivity index (χ3n) is 5.99. The summed E-state index contributed by atoms with van der Waals surface area (Å²) in [6, 6.07) is 3.33. The van der Waals surface area contributed by atoms with E-state index in [1.165, 1.54) is 75.5 Å². The molecule has 1 N–H and O–H groups in total. The Hall–Kier alpha value is -1.09. The fourth-order valence-electron chi connectivity index (χ4n) is 4.79. The first-order valence-electron chi connectivity index (χ1n) is 9.32. The molecule has 4 rings (SSSR count). The van der Waals surface area contributed by atoms with Crippen molar-refractivity contribution in [3.8, 4) is 0 Å². The largest absolute Gasteiger partial charge is 0.310 e. The molecular formula is C19H28N2O. The number of aromatic nitrogens is 1. The van der Waals surface area contributed by atoms with Gasteiger partial charge in [-0.25, -0.2) is 0 Å². The Bertz CT molecular complexity index is 592. The van der Waals surface area contributed by atoms with E-state index in [0.717, 1.165) is 18.5 Å². The van der Waals surface area contributed by atoms with E-state index in [9.17, 15) is 4.79 Å². The predicted molar refractivity (Wildman–Crippen MR) is 89.3 cm³/mol. The summed E-state index contributed by atoms with van der Waals surface area (Å²) in [4.78, 5) is 13.0. The maximum absolute atomic E-state index is 13.0. The second kappa shape index (κ2) is 6.19. The summed E-state index contributed by atoms with van der Waals surface area (Å²) in [6.07, 6.45) is 13.7. The number of hydrogen-bond donors (Lipinski definition) is 1. The predicted octanol–water partition coefficient (Wildman–Crippen LogP) is 3.48. The fourth-order valence-corrected chi connectivity index (χ4v) is 4.79. The van der Waals surface area contributed by atoms with Crippen molar-refractivity contribution in [2.24, 2.45) is 0 Å². The molecule has 3 aliphatic rings. The lowest BCUT2D eigenvalue weighted by atomic mass is 10.1. The molecule has 3 aliphatic carbocycles. The first-order valence-corrected chi connectivity index (χ1v) is 9.32. The van der Waals surface area contributed by atoms with Crippen molar-refractivity contribution in [3.05, 3.63) is 33.2 Å². The van der Waals surface area contributed by atoms with Crippen molar-refractivity contribution < 1.29 is 0 Å². The number of hydrogen-bond acceptors (Lipinski definition) is 2. The first kappa shape index (κ1) is 14.5. The van der Waals surface area contributed by atoms with Gasteiger partial charge in [0.25, 0.3) is 5.56 Å². The molecule has 0 spiro atoms. The van der Waals surface area contributed by atoms with Gasteiger partial charge in [-0.3, -0.25) is 4.79 Å². The van der Waals surface area contributed by atoms with Gasteiger partial charge in [-0.1, -0.05) is 25.7 Å². The van der Waals surface area contributed by atoms with Crippen LogP contribution in [0.3, 0.4) is 0 Å². The Labute approximate surface area is 133 Å². The average molecular weight is 300 g/mol. The molecule has 0 aliphatic heterocycles. The number of nitrogens with one attached hydrogen (secondary N) is 1. The highest BCUT2D eigenvalue weighted by atomic mass is 16.1. The highest BCUT2D eigenvalue weighted by Gasteiger charge is 2.26. The van der Waals surface area contributed by atoms with Crippen LogP contribution in [0.1, 0.15) is 80.7 Å². The molecule has 0 radical (unpaired) electrons. The molecule has 2 fully saturated rings. The molecule has 2 saturated carbocycles. The molecule has 0 amide bonds. The highest BCUT2D eigenvalue weighted by Crippen LogP contribution is 2.32. The Morgan fingerprint density at radius 2 is 1.73 bits per heavy atom. The van der Waals surface area contributed by atoms with E-state index in [0.29, 0.717) is 17.6 Å². The minimum atomic E-state index is 0.304. The van der Waals surface area contributed by atoms with Crippen molar-refractivity contribution in [3.63, 3.8) is 0 Å². The van der Waals surface area contributed by atoms with Crippen LogP contribution < -0.4 is 10.9 Å². The van der Waals surface area contributed by atoms with E-state index in [4.69, 9.17) is 0 Å². The normalized spacial score (nSPS) is 22.5. The van der Waals surface area contributed by atoms with Gasteiger partial charge in [-0.2, -0.15) is 0 Å². The molecule has 3 nitrogen and oxygen atoms in total. The van der Waals surface area contributed by atoms with Crippen molar-refractivity contribution in [2.45, 2.75) is 89.3 Å². The van der Waals surface area contributed by atoms with Crippen LogP contribution >= 0.6 is 0 Å². The second-order valence-electron chi connectivity index (χ2n) is 7.47. The van der Waals surface area contributed by atoms with Crippen molar-refractivity contribution in [1.29, 1.82) is 0 Å². The Morgan fingerprint density at radius 1 is 1.00 bits per heavy atom. The van der Waals surface area contributed by atoms with Crippen molar-refractivity contribution >= 4 is 0 Å². The van der Waals surface area contributed by atoms with E-state index < -0.39 is 0 Å². The number of nitrogens with zero attached hydrogens (tertiary/aromatic N) is 1. The van der Waals surface area contributed by atoms with Gasteiger partial charge < -0.3 is 9.88 Å². The molecule has 3 heteroatoms. The van der Waals surface area contributed by atoms with Gasteiger partial charge >= 0.3 is 0 Å². The third-order valence-corrected chi connectivity index (χ3v) is 5.99. The maximum Gasteiger partial charge on any atom is 0.255 e. The lowest BCUT2D eigenvalue weighted by Gasteiger charge is -2.21. The second-order valence-corrected chi connectivity index (χ2v) is 7.47. The molecule has 1 aromatic rings. The molecule has 0 atom stereocenters. The average Bonchev–Trinajstić information content (AvgIpc) is 3.27. The van der Waals surface area contributed by atoms with Crippen LogP contribution in [-0.2, 0) is 19.4 Å². The molecule has 0 saturated heterocycles. The fraction of sp³-hybridized carbons (Fsp3) is 0.737. The first-order chi connectivity index (χ1) is 10.8. The van der Waals surface area contributed by atoms with E-state index in [1.807, 2.05) is 0 Å². The topological polar surface area (TPSA) is 34.0 Å². The molecular weight excluding hydrogens is 272 g/mol. The highest BCUT2D eigenvalue weighted by molar-refractivity contribution is 5.31. The van der Waals surface area contributed by atoms with Gasteiger partial charge in [0, 0.05) is 29.9 Å². The zero-order valence-corrected chi connectivity index (χ0v) is 13.6. The summed E-state index contributed by atoms with van der Waals surface area (Å²) < 4.78 is 2.21. The summed E-state index contributed by atoms with van der Waals surface area (Å²) in [6.45, 7) is 0.767. The van der Waals surface area contributed by atoms with E-state index >= 15 is 0 Å². The molecule has 0 unspecified atom stereocenters. The maximum atomic E-state index is 13.0. The van der Waals surface area contributed by atoms with Crippen LogP contribution in [0, 0.1) is 0 Å². The number of fused-ring (bicyclic) bond motifs is 1. The van der Waals surface area contributed by atoms with Crippen molar-refractivity contribution in [1.82, 2.24) is 9.88 Å². The van der Waals surface area contributed by atoms with E-state index in [-0.39, 0.29) is 0 Å². The molecule has 1 heterocycles. The van der Waals surface area contributed by atoms with Crippen LogP contribution in [0.4, 0.5) is 0 Å². The van der Waals surface area contributed by atoms with Gasteiger partial charge in [-0.15, -0.1) is 0 Å². The van der Waals surface area contributed by atoms with E-state index in [2.05, 4.69) is 16.0 Å². The van der Waals surface area contributed by atoms with Gasteiger partial charge in [-0.05, 0) is 56.6 Å². The Balaban J connectivity index is 1.63. The quantitative estimate of drug-likeness (QED) is 0.923. The zero-order chi connectivity index (χ0) is 14.9. The van der Waals surface area contributed by atoms with Crippen LogP contribution in [0.15, 0.2) is 10.9 Å². The summed E-state index contributed by atoms with van der Waals surface area (Å²) in [7, 11) is 0. The van der Waals surface area contributed by atoms with Gasteiger partial charge in [0.15, 0.2) is 0 Å². The lowest BCUT2D eigenvalue weighted by molar-refractivity contribution is 0.474. The SMILES string of the molecule is O=c1c(CNC2CCCC2)cc2c(n1C1CCCC1)CCC2. The number of rotatable bonds is 4. The Kier molecular flexibility index (Phi) is 4.08. The summed E-state index contributed by atoms with van der Waals surface area (Å²) in [5.74, 6) is 0. The van der Waals surface area contributed by atoms with Gasteiger partial charge in [0.2, 0.25) is 0 Å². The smallest absolute Gasteiger partial charge is 0.255 e. The molecule has 22 heavy (non-hydrogen) atoms. The Morgan fingerprint density at radius 3 is 2.50 bits per heavy atom. The van der Waals surface area contributed by atoms with Crippen LogP contribution in [-0.4, -0.2) is 10.6 Å². The molecule has 0 bridgehead atoms. The van der Waals surface area contributed by atoms with Crippen LogP contribution in [0.5, 0.6) is 0 Å². The summed E-state index contributed by atoms with van der Waals surface area (Å²) >= 11 is 0. The van der Waals surface area contributed by atoms with Gasteiger partial charge in [0.1, 0.15) is 0 Å². The minimum absolute atomic E-state index is 0.304. The monoisotopic (exact) mass is 300 g/mol. The zero-order valence-electron chi connectivity index (χ0n) is 13.6. The van der Waals surface area contributed by atoms with Crippen molar-refractivity contribution in [2.75, 3.05) is 0 Å². The van der Waals surface area contributed by atoms with Crippen LogP contribution in [0.2, 0.25) is 0 Å². The summed E-state index contributed by atoms with van der Waals surface area (Å²) in [5.41, 5.74) is 4.13. The lowest BCUT2D eigenvalue weighted by Crippen LogP contribution is -2.34. The standard InChI is InChI=1S/C19H28N2O/c22-19-15(13-20-16-7-1-2-8-16)12-14-6-5-11-18(14)21(19)17-9-3-4-10-17/h12,16-17,20H,1-11,13H2. The summed E-state index contributed by atoms with van der Waals surface area (Å²) in [5, 5.41) is 3.63. The van der Waals surface area contributed by atoms with Gasteiger partial charge in [0.05, 0.1) is 0 Å². The van der Waals surface area contributed by atoms with Crippen LogP contribution in [0.25, 0.3) is 0 Å².